The molecule has 46 heavy (non-hydrogen) atoms. The largest absolute Gasteiger partial charge is 1.00 e. The van der Waals surface area contributed by atoms with E-state index in [9.17, 15) is 0 Å². The van der Waals surface area contributed by atoms with Crippen molar-refractivity contribution in [2.24, 2.45) is 0 Å². The number of nitrogens with zero attached hydrogens (tertiary/aromatic N) is 2. The van der Waals surface area contributed by atoms with Crippen LogP contribution in [-0.2, 0) is 13.1 Å². The van der Waals surface area contributed by atoms with E-state index in [0.29, 0.717) is 0 Å². The SMILES string of the molecule is CCCCCCCCCCCC[N+](C)(C)Cc1ccccc1.CCCCCCCCCCCC[N+](C)(C)Cc1ccccc1.[Cl-].[Cl-]. The standard InChI is InChI=1S/2C21H38N.2ClH/c2*1-4-5-6-7-8-9-10-11-12-16-19-22(2,3)20-21-17-14-13-15-18-21;;/h2*13-15,17-18H,4-12,16,19-20H2,1-3H3;2*1H/q2*+1;;/p-2. The number of hydrogen-bond donors (Lipinski definition) is 0. The van der Waals surface area contributed by atoms with Gasteiger partial charge in [-0.1, -0.05) is 177 Å². The van der Waals surface area contributed by atoms with E-state index in [-0.39, 0.29) is 24.8 Å². The summed E-state index contributed by atoms with van der Waals surface area (Å²) in [7, 11) is 9.45. The molecule has 0 aromatic heterocycles. The van der Waals surface area contributed by atoms with Gasteiger partial charge in [-0.2, -0.15) is 0 Å². The van der Waals surface area contributed by atoms with Crippen molar-refractivity contribution in [3.8, 4) is 0 Å². The van der Waals surface area contributed by atoms with Crippen LogP contribution in [0, 0.1) is 0 Å². The fraction of sp³-hybridized carbons (Fsp3) is 0.714. The number of quaternary nitrogens is 2. The van der Waals surface area contributed by atoms with Crippen molar-refractivity contribution in [2.45, 2.75) is 155 Å². The number of unbranched alkanes of at least 4 members (excludes halogenated alkanes) is 18. The van der Waals surface area contributed by atoms with E-state index < -0.39 is 0 Å². The van der Waals surface area contributed by atoms with Crippen LogP contribution in [0.2, 0.25) is 0 Å². The van der Waals surface area contributed by atoms with Gasteiger partial charge in [0, 0.05) is 11.1 Å². The van der Waals surface area contributed by atoms with Crippen LogP contribution in [0.5, 0.6) is 0 Å². The predicted octanol–water partition coefficient (Wildman–Crippen LogP) is 6.38. The van der Waals surface area contributed by atoms with Crippen LogP contribution in [0.3, 0.4) is 0 Å². The first-order valence-electron chi connectivity index (χ1n) is 19.0. The molecule has 0 aliphatic heterocycles. The van der Waals surface area contributed by atoms with Gasteiger partial charge in [0.25, 0.3) is 0 Å². The summed E-state index contributed by atoms with van der Waals surface area (Å²) in [6.45, 7) is 9.48. The third-order valence-corrected chi connectivity index (χ3v) is 9.14. The number of hydrogen-bond acceptors (Lipinski definition) is 0. The van der Waals surface area contributed by atoms with Gasteiger partial charge >= 0.3 is 0 Å². The molecule has 2 aromatic carbocycles. The summed E-state index contributed by atoms with van der Waals surface area (Å²) in [6, 6.07) is 21.8. The number of halogens is 2. The van der Waals surface area contributed by atoms with Crippen molar-refractivity contribution in [3.63, 3.8) is 0 Å². The Kier molecular flexibility index (Phi) is 31.9. The van der Waals surface area contributed by atoms with Gasteiger partial charge in [-0.05, 0) is 25.7 Å². The van der Waals surface area contributed by atoms with Crippen LogP contribution >= 0.6 is 0 Å². The summed E-state index contributed by atoms with van der Waals surface area (Å²) < 4.78 is 2.22. The van der Waals surface area contributed by atoms with Crippen LogP contribution in [0.4, 0.5) is 0 Å². The van der Waals surface area contributed by atoms with E-state index in [2.05, 4.69) is 103 Å². The molecule has 0 fully saturated rings. The normalized spacial score (nSPS) is 11.3. The maximum atomic E-state index is 2.36. The zero-order chi connectivity index (χ0) is 32.2. The molecule has 0 N–H and O–H groups in total. The van der Waals surface area contributed by atoms with Gasteiger partial charge in [0.1, 0.15) is 13.1 Å². The lowest BCUT2D eigenvalue weighted by atomic mass is 10.1. The minimum atomic E-state index is 0. The molecule has 0 atom stereocenters. The van der Waals surface area contributed by atoms with Gasteiger partial charge in [0.2, 0.25) is 0 Å². The van der Waals surface area contributed by atoms with Crippen molar-refractivity contribution in [3.05, 3.63) is 71.8 Å². The minimum Gasteiger partial charge on any atom is -1.00 e. The number of rotatable bonds is 26. The zero-order valence-corrected chi connectivity index (χ0v) is 32.9. The summed E-state index contributed by atoms with van der Waals surface area (Å²) >= 11 is 0. The van der Waals surface area contributed by atoms with Gasteiger partial charge < -0.3 is 33.8 Å². The minimum absolute atomic E-state index is 0. The predicted molar refractivity (Wildman–Crippen MR) is 198 cm³/mol. The second-order valence-corrected chi connectivity index (χ2v) is 15.0. The summed E-state index contributed by atoms with van der Waals surface area (Å²) in [6.07, 6.45) is 28.5. The van der Waals surface area contributed by atoms with Crippen LogP contribution in [0.1, 0.15) is 153 Å². The summed E-state index contributed by atoms with van der Waals surface area (Å²) in [5, 5.41) is 0. The van der Waals surface area contributed by atoms with Gasteiger partial charge in [-0.3, -0.25) is 0 Å². The highest BCUT2D eigenvalue weighted by atomic mass is 35.5. The topological polar surface area (TPSA) is 0 Å². The smallest absolute Gasteiger partial charge is 0.104 e. The first-order valence-corrected chi connectivity index (χ1v) is 19.0. The second kappa shape index (κ2) is 31.2. The maximum Gasteiger partial charge on any atom is 0.104 e. The summed E-state index contributed by atoms with van der Waals surface area (Å²) in [5.74, 6) is 0. The van der Waals surface area contributed by atoms with E-state index in [0.717, 1.165) is 22.1 Å². The maximum absolute atomic E-state index is 2.36. The van der Waals surface area contributed by atoms with Crippen molar-refractivity contribution >= 4 is 0 Å². The van der Waals surface area contributed by atoms with E-state index in [4.69, 9.17) is 0 Å². The van der Waals surface area contributed by atoms with E-state index in [1.54, 1.807) is 0 Å². The average molecular weight is 680 g/mol. The molecular formula is C42H76Cl2N2. The molecule has 0 amide bonds. The molecule has 268 valence electrons. The lowest BCUT2D eigenvalue weighted by molar-refractivity contribution is -0.903. The van der Waals surface area contributed by atoms with E-state index in [1.165, 1.54) is 153 Å². The summed E-state index contributed by atoms with van der Waals surface area (Å²) in [5.41, 5.74) is 2.92. The van der Waals surface area contributed by atoms with Crippen LogP contribution in [0.25, 0.3) is 0 Å². The molecule has 0 saturated carbocycles. The molecular weight excluding hydrogens is 603 g/mol. The van der Waals surface area contributed by atoms with Gasteiger partial charge in [-0.25, -0.2) is 0 Å². The fourth-order valence-corrected chi connectivity index (χ4v) is 6.37. The van der Waals surface area contributed by atoms with Crippen LogP contribution < -0.4 is 24.8 Å². The lowest BCUT2D eigenvalue weighted by Crippen LogP contribution is -3.00. The van der Waals surface area contributed by atoms with E-state index >= 15 is 0 Å². The molecule has 4 heteroatoms. The average Bonchev–Trinajstić information content (AvgIpc) is 3.00. The molecule has 0 saturated heterocycles. The van der Waals surface area contributed by atoms with Gasteiger partial charge in [0.05, 0.1) is 41.3 Å². The number of benzene rings is 2. The molecule has 0 spiro atoms. The Morgan fingerprint density at radius 3 is 0.848 bits per heavy atom. The Morgan fingerprint density at radius 2 is 0.587 bits per heavy atom. The molecule has 0 aliphatic rings. The second-order valence-electron chi connectivity index (χ2n) is 15.0. The van der Waals surface area contributed by atoms with Gasteiger partial charge in [0.15, 0.2) is 0 Å². The van der Waals surface area contributed by atoms with Crippen molar-refractivity contribution in [1.29, 1.82) is 0 Å². The van der Waals surface area contributed by atoms with E-state index in [1.807, 2.05) is 0 Å². The van der Waals surface area contributed by atoms with Crippen molar-refractivity contribution < 1.29 is 33.8 Å². The molecule has 0 heterocycles. The quantitative estimate of drug-likeness (QED) is 0.0801. The van der Waals surface area contributed by atoms with Crippen LogP contribution in [0.15, 0.2) is 60.7 Å². The third kappa shape index (κ3) is 29.1. The Hall–Kier alpha value is -1.06. The first kappa shape index (κ1) is 47.1. The fourth-order valence-electron chi connectivity index (χ4n) is 6.37. The van der Waals surface area contributed by atoms with Crippen LogP contribution in [-0.4, -0.2) is 50.2 Å². The molecule has 0 aliphatic carbocycles. The Balaban J connectivity index is 0. The molecule has 2 nitrogen and oxygen atoms in total. The lowest BCUT2D eigenvalue weighted by Gasteiger charge is -2.30. The monoisotopic (exact) mass is 679 g/mol. The Morgan fingerprint density at radius 1 is 0.348 bits per heavy atom. The molecule has 2 aromatic rings. The molecule has 0 radical (unpaired) electrons. The molecule has 0 bridgehead atoms. The third-order valence-electron chi connectivity index (χ3n) is 9.14. The summed E-state index contributed by atoms with van der Waals surface area (Å²) in [4.78, 5) is 0. The molecule has 0 unspecified atom stereocenters. The Bertz CT molecular complexity index is 796. The highest BCUT2D eigenvalue weighted by Crippen LogP contribution is 2.15. The zero-order valence-electron chi connectivity index (χ0n) is 31.4. The first-order chi connectivity index (χ1) is 21.3. The highest BCUT2D eigenvalue weighted by molar-refractivity contribution is 5.14. The van der Waals surface area contributed by atoms with Gasteiger partial charge in [-0.15, -0.1) is 0 Å². The molecule has 2 rings (SSSR count). The van der Waals surface area contributed by atoms with Crippen molar-refractivity contribution in [2.75, 3.05) is 41.3 Å². The highest BCUT2D eigenvalue weighted by Gasteiger charge is 2.16. The van der Waals surface area contributed by atoms with Crippen molar-refractivity contribution in [1.82, 2.24) is 0 Å². The Labute approximate surface area is 301 Å².